The summed E-state index contributed by atoms with van der Waals surface area (Å²) < 4.78 is 33.4. The average molecular weight is 304 g/mol. The number of ether oxygens (including phenoxy) is 1. The van der Waals surface area contributed by atoms with Gasteiger partial charge in [0, 0.05) is 12.1 Å². The minimum absolute atomic E-state index is 0.0710. The highest BCUT2D eigenvalue weighted by Gasteiger charge is 2.09. The number of hydrogen-bond donors (Lipinski definition) is 1. The Hall–Kier alpha value is -1.89. The van der Waals surface area contributed by atoms with Crippen molar-refractivity contribution < 1.29 is 18.0 Å². The molecule has 0 amide bonds. The first-order valence-corrected chi connectivity index (χ1v) is 6.26. The van der Waals surface area contributed by atoms with Crippen LogP contribution in [0.3, 0.4) is 0 Å². The number of nitrogens with one attached hydrogen (secondary N) is 1. The number of hydrogen-bond acceptors (Lipinski definition) is 5. The van der Waals surface area contributed by atoms with Crippen molar-refractivity contribution >= 4 is 17.3 Å². The average Bonchev–Trinajstić information content (AvgIpc) is 2.87. The Morgan fingerprint density at radius 3 is 2.85 bits per heavy atom. The van der Waals surface area contributed by atoms with Crippen LogP contribution < -0.4 is 10.1 Å². The van der Waals surface area contributed by atoms with E-state index in [-0.39, 0.29) is 10.8 Å². The summed E-state index contributed by atoms with van der Waals surface area (Å²) in [6, 6.07) is 4.42. The Labute approximate surface area is 118 Å². The lowest BCUT2D eigenvalue weighted by molar-refractivity contribution is -0.0497. The minimum atomic E-state index is -2.91. The molecule has 0 saturated heterocycles. The van der Waals surface area contributed by atoms with Crippen LogP contribution in [0.1, 0.15) is 18.6 Å². The highest BCUT2D eigenvalue weighted by molar-refractivity contribution is 6.32. The molecule has 0 fully saturated rings. The van der Waals surface area contributed by atoms with Gasteiger partial charge in [-0.2, -0.15) is 13.8 Å². The summed E-state index contributed by atoms with van der Waals surface area (Å²) in [6.07, 6.45) is 0.689. The second-order valence-electron chi connectivity index (χ2n) is 3.84. The standard InChI is InChI=1S/C12H12ClF2N3O2/c1-2-10-17-11(20-18-10)6-16-7-3-4-9(8(13)5-7)19-12(14)15/h3-5,12,16H,2,6H2,1H3. The van der Waals surface area contributed by atoms with Crippen LogP contribution in [0, 0.1) is 0 Å². The zero-order valence-corrected chi connectivity index (χ0v) is 11.3. The molecule has 1 heterocycles. The SMILES string of the molecule is CCc1noc(CNc2ccc(OC(F)F)c(Cl)c2)n1. The van der Waals surface area contributed by atoms with Crippen LogP contribution in [0.25, 0.3) is 0 Å². The molecule has 0 aliphatic heterocycles. The summed E-state index contributed by atoms with van der Waals surface area (Å²) in [5.74, 6) is 0.990. The summed E-state index contributed by atoms with van der Waals surface area (Å²) in [6.45, 7) is -0.667. The van der Waals surface area contributed by atoms with Crippen LogP contribution in [0.4, 0.5) is 14.5 Å². The maximum absolute atomic E-state index is 12.1. The number of rotatable bonds is 6. The molecule has 1 aromatic carbocycles. The number of nitrogens with zero attached hydrogens (tertiary/aromatic N) is 2. The Bertz CT molecular complexity index is 578. The second kappa shape index (κ2) is 6.51. The van der Waals surface area contributed by atoms with Crippen LogP contribution in [-0.2, 0) is 13.0 Å². The van der Waals surface area contributed by atoms with Crippen molar-refractivity contribution in [2.75, 3.05) is 5.32 Å². The first kappa shape index (κ1) is 14.5. The molecule has 108 valence electrons. The number of anilines is 1. The number of alkyl halides is 2. The van der Waals surface area contributed by atoms with Crippen LogP contribution in [0.15, 0.2) is 22.7 Å². The van der Waals surface area contributed by atoms with Gasteiger partial charge in [0.1, 0.15) is 5.75 Å². The first-order valence-electron chi connectivity index (χ1n) is 5.88. The van der Waals surface area contributed by atoms with E-state index < -0.39 is 6.61 Å². The molecular formula is C12H12ClF2N3O2. The molecule has 0 radical (unpaired) electrons. The van der Waals surface area contributed by atoms with Gasteiger partial charge in [-0.05, 0) is 18.2 Å². The van der Waals surface area contributed by atoms with Crippen LogP contribution in [0.2, 0.25) is 5.02 Å². The molecule has 8 heteroatoms. The van der Waals surface area contributed by atoms with Gasteiger partial charge in [0.05, 0.1) is 11.6 Å². The fourth-order valence-electron chi connectivity index (χ4n) is 1.49. The number of benzene rings is 1. The van der Waals surface area contributed by atoms with Gasteiger partial charge in [-0.25, -0.2) is 0 Å². The van der Waals surface area contributed by atoms with E-state index in [0.717, 1.165) is 0 Å². The van der Waals surface area contributed by atoms with Crippen molar-refractivity contribution in [3.8, 4) is 5.75 Å². The maximum atomic E-state index is 12.1. The molecule has 0 saturated carbocycles. The summed E-state index contributed by atoms with van der Waals surface area (Å²) in [5, 5.41) is 6.84. The molecule has 0 bridgehead atoms. The third-order valence-electron chi connectivity index (χ3n) is 2.42. The largest absolute Gasteiger partial charge is 0.433 e. The molecule has 1 aromatic heterocycles. The molecule has 0 atom stereocenters. The normalized spacial score (nSPS) is 10.8. The molecule has 0 spiro atoms. The topological polar surface area (TPSA) is 60.2 Å². The Morgan fingerprint density at radius 1 is 1.45 bits per heavy atom. The van der Waals surface area contributed by atoms with Crippen molar-refractivity contribution in [1.29, 1.82) is 0 Å². The third-order valence-corrected chi connectivity index (χ3v) is 2.71. The number of aryl methyl sites for hydroxylation is 1. The van der Waals surface area contributed by atoms with Gasteiger partial charge in [-0.1, -0.05) is 23.7 Å². The lowest BCUT2D eigenvalue weighted by atomic mass is 10.3. The summed E-state index contributed by atoms with van der Waals surface area (Å²) in [5.41, 5.74) is 0.632. The van der Waals surface area contributed by atoms with Gasteiger partial charge in [0.15, 0.2) is 5.82 Å². The van der Waals surface area contributed by atoms with Crippen molar-refractivity contribution in [3.63, 3.8) is 0 Å². The minimum Gasteiger partial charge on any atom is -0.433 e. The molecular weight excluding hydrogens is 292 g/mol. The highest BCUT2D eigenvalue weighted by atomic mass is 35.5. The van der Waals surface area contributed by atoms with E-state index in [0.29, 0.717) is 30.4 Å². The fraction of sp³-hybridized carbons (Fsp3) is 0.333. The van der Waals surface area contributed by atoms with Crippen molar-refractivity contribution in [1.82, 2.24) is 10.1 Å². The molecule has 1 N–H and O–H groups in total. The van der Waals surface area contributed by atoms with Gasteiger partial charge in [0.25, 0.3) is 0 Å². The lowest BCUT2D eigenvalue weighted by Crippen LogP contribution is -2.03. The van der Waals surface area contributed by atoms with E-state index in [1.54, 1.807) is 6.07 Å². The monoisotopic (exact) mass is 303 g/mol. The van der Waals surface area contributed by atoms with Crippen LogP contribution in [-0.4, -0.2) is 16.8 Å². The van der Waals surface area contributed by atoms with E-state index in [2.05, 4.69) is 20.2 Å². The Kier molecular flexibility index (Phi) is 4.73. The summed E-state index contributed by atoms with van der Waals surface area (Å²) in [7, 11) is 0. The summed E-state index contributed by atoms with van der Waals surface area (Å²) in [4.78, 5) is 4.13. The lowest BCUT2D eigenvalue weighted by Gasteiger charge is -2.09. The van der Waals surface area contributed by atoms with E-state index >= 15 is 0 Å². The fourth-order valence-corrected chi connectivity index (χ4v) is 1.71. The zero-order valence-electron chi connectivity index (χ0n) is 10.6. The molecule has 2 aromatic rings. The van der Waals surface area contributed by atoms with E-state index in [9.17, 15) is 8.78 Å². The van der Waals surface area contributed by atoms with Gasteiger partial charge in [0.2, 0.25) is 5.89 Å². The van der Waals surface area contributed by atoms with Crippen molar-refractivity contribution in [3.05, 3.63) is 34.9 Å². The second-order valence-corrected chi connectivity index (χ2v) is 4.24. The molecule has 20 heavy (non-hydrogen) atoms. The molecule has 0 unspecified atom stereocenters. The molecule has 0 aliphatic rings. The Balaban J connectivity index is 1.97. The van der Waals surface area contributed by atoms with Crippen molar-refractivity contribution in [2.45, 2.75) is 26.5 Å². The maximum Gasteiger partial charge on any atom is 0.387 e. The van der Waals surface area contributed by atoms with Gasteiger partial charge >= 0.3 is 6.61 Å². The molecule has 0 aliphatic carbocycles. The number of aromatic nitrogens is 2. The van der Waals surface area contributed by atoms with Gasteiger partial charge in [-0.3, -0.25) is 0 Å². The quantitative estimate of drug-likeness (QED) is 0.885. The third kappa shape index (κ3) is 3.80. The van der Waals surface area contributed by atoms with Gasteiger partial charge in [-0.15, -0.1) is 0 Å². The van der Waals surface area contributed by atoms with Crippen molar-refractivity contribution in [2.24, 2.45) is 0 Å². The Morgan fingerprint density at radius 2 is 2.25 bits per heavy atom. The van der Waals surface area contributed by atoms with Gasteiger partial charge < -0.3 is 14.6 Å². The summed E-state index contributed by atoms with van der Waals surface area (Å²) >= 11 is 5.83. The first-order chi connectivity index (χ1) is 9.58. The van der Waals surface area contributed by atoms with E-state index in [1.165, 1.54) is 12.1 Å². The van der Waals surface area contributed by atoms with Crippen LogP contribution >= 0.6 is 11.6 Å². The van der Waals surface area contributed by atoms with Crippen LogP contribution in [0.5, 0.6) is 5.75 Å². The zero-order chi connectivity index (χ0) is 14.5. The highest BCUT2D eigenvalue weighted by Crippen LogP contribution is 2.29. The smallest absolute Gasteiger partial charge is 0.387 e. The number of halogens is 3. The molecule has 2 rings (SSSR count). The van der Waals surface area contributed by atoms with E-state index in [1.807, 2.05) is 6.92 Å². The molecule has 5 nitrogen and oxygen atoms in total. The predicted octanol–water partition coefficient (Wildman–Crippen LogP) is 3.50. The van der Waals surface area contributed by atoms with E-state index in [4.69, 9.17) is 16.1 Å². The predicted molar refractivity (Wildman–Crippen MR) is 69.1 cm³/mol.